The van der Waals surface area contributed by atoms with Crippen LogP contribution in [0.5, 0.6) is 0 Å². The largest absolute Gasteiger partial charge is 0.340 e. The van der Waals surface area contributed by atoms with Crippen LogP contribution < -0.4 is 4.87 Å². The highest BCUT2D eigenvalue weighted by Crippen LogP contribution is 2.26. The molecule has 3 aromatic rings. The monoisotopic (exact) mass is 477 g/mol. The highest BCUT2D eigenvalue weighted by molar-refractivity contribution is 7.89. The zero-order chi connectivity index (χ0) is 23.0. The molecule has 1 fully saturated rings. The molecule has 170 valence electrons. The van der Waals surface area contributed by atoms with E-state index in [-0.39, 0.29) is 47.0 Å². The first-order chi connectivity index (χ1) is 15.2. The molecule has 32 heavy (non-hydrogen) atoms. The van der Waals surface area contributed by atoms with E-state index in [1.165, 1.54) is 22.5 Å². The molecule has 1 aliphatic heterocycles. The third-order valence-electron chi connectivity index (χ3n) is 5.60. The van der Waals surface area contributed by atoms with Crippen LogP contribution in [0.25, 0.3) is 10.2 Å². The molecule has 0 saturated carbocycles. The maximum Gasteiger partial charge on any atom is 0.308 e. The van der Waals surface area contributed by atoms with E-state index >= 15 is 0 Å². The van der Waals surface area contributed by atoms with Gasteiger partial charge in [-0.1, -0.05) is 23.5 Å². The van der Waals surface area contributed by atoms with E-state index in [1.807, 2.05) is 13.8 Å². The van der Waals surface area contributed by atoms with Gasteiger partial charge < -0.3 is 4.90 Å². The summed E-state index contributed by atoms with van der Waals surface area (Å²) in [6.45, 7) is 4.79. The Morgan fingerprint density at radius 3 is 2.34 bits per heavy atom. The Bertz CT molecular complexity index is 1310. The van der Waals surface area contributed by atoms with Crippen LogP contribution in [-0.2, 0) is 21.2 Å². The fraction of sp³-hybridized carbons (Fsp3) is 0.364. The van der Waals surface area contributed by atoms with Crippen molar-refractivity contribution in [2.75, 3.05) is 26.2 Å². The average molecular weight is 478 g/mol. The van der Waals surface area contributed by atoms with Crippen molar-refractivity contribution in [1.29, 1.82) is 0 Å². The molecule has 1 saturated heterocycles. The van der Waals surface area contributed by atoms with Gasteiger partial charge in [-0.15, -0.1) is 0 Å². The second kappa shape index (κ2) is 8.76. The van der Waals surface area contributed by atoms with E-state index in [0.29, 0.717) is 23.4 Å². The highest BCUT2D eigenvalue weighted by atomic mass is 32.2. The van der Waals surface area contributed by atoms with E-state index in [4.69, 9.17) is 0 Å². The van der Waals surface area contributed by atoms with Crippen molar-refractivity contribution in [2.45, 2.75) is 31.2 Å². The van der Waals surface area contributed by atoms with Crippen molar-refractivity contribution < 1.29 is 17.6 Å². The SMILES string of the molecule is CC(C)n1c(=O)sc2cc(S(=O)(=O)N3CCN(C(=O)Cc4ccc(F)cc4)CC3)ccc21. The van der Waals surface area contributed by atoms with Gasteiger partial charge in [0.05, 0.1) is 21.5 Å². The normalized spacial score (nSPS) is 15.6. The Hall–Kier alpha value is -2.56. The molecule has 0 unspecified atom stereocenters. The second-order valence-electron chi connectivity index (χ2n) is 8.05. The van der Waals surface area contributed by atoms with Gasteiger partial charge in [0.25, 0.3) is 0 Å². The van der Waals surface area contributed by atoms with Crippen LogP contribution in [0.2, 0.25) is 0 Å². The lowest BCUT2D eigenvalue weighted by molar-refractivity contribution is -0.131. The molecule has 0 N–H and O–H groups in total. The highest BCUT2D eigenvalue weighted by Gasteiger charge is 2.30. The average Bonchev–Trinajstić information content (AvgIpc) is 3.10. The molecule has 2 heterocycles. The molecule has 10 heteroatoms. The lowest BCUT2D eigenvalue weighted by atomic mass is 10.1. The summed E-state index contributed by atoms with van der Waals surface area (Å²) < 4.78 is 43.0. The maximum atomic E-state index is 13.2. The van der Waals surface area contributed by atoms with Crippen molar-refractivity contribution in [2.24, 2.45) is 0 Å². The summed E-state index contributed by atoms with van der Waals surface area (Å²) in [4.78, 5) is 26.5. The van der Waals surface area contributed by atoms with Crippen molar-refractivity contribution >= 4 is 37.5 Å². The van der Waals surface area contributed by atoms with E-state index in [9.17, 15) is 22.4 Å². The topological polar surface area (TPSA) is 79.7 Å². The third-order valence-corrected chi connectivity index (χ3v) is 8.41. The zero-order valence-electron chi connectivity index (χ0n) is 17.8. The number of halogens is 1. The predicted octanol–water partition coefficient (Wildman–Crippen LogP) is 2.86. The van der Waals surface area contributed by atoms with Gasteiger partial charge in [-0.3, -0.25) is 14.2 Å². The van der Waals surface area contributed by atoms with Crippen LogP contribution in [0, 0.1) is 5.82 Å². The molecule has 1 aliphatic rings. The number of piperazine rings is 1. The minimum atomic E-state index is -3.74. The fourth-order valence-electron chi connectivity index (χ4n) is 3.88. The van der Waals surface area contributed by atoms with Crippen molar-refractivity contribution in [3.8, 4) is 0 Å². The van der Waals surface area contributed by atoms with E-state index in [1.54, 1.807) is 33.7 Å². The summed E-state index contributed by atoms with van der Waals surface area (Å²) in [6, 6.07) is 10.5. The van der Waals surface area contributed by atoms with Gasteiger partial charge in [0, 0.05) is 32.2 Å². The van der Waals surface area contributed by atoms with Crippen LogP contribution in [0.4, 0.5) is 4.39 Å². The molecule has 2 aromatic carbocycles. The van der Waals surface area contributed by atoms with Crippen LogP contribution in [0.3, 0.4) is 0 Å². The van der Waals surface area contributed by atoms with Crippen molar-refractivity contribution in [3.05, 3.63) is 63.5 Å². The number of rotatable bonds is 5. The lowest BCUT2D eigenvalue weighted by Gasteiger charge is -2.34. The molecule has 0 atom stereocenters. The first kappa shape index (κ1) is 22.6. The molecule has 1 aromatic heterocycles. The molecule has 7 nitrogen and oxygen atoms in total. The maximum absolute atomic E-state index is 13.2. The number of thiazole rings is 1. The summed E-state index contributed by atoms with van der Waals surface area (Å²) >= 11 is 1.04. The first-order valence-corrected chi connectivity index (χ1v) is 12.6. The van der Waals surface area contributed by atoms with E-state index < -0.39 is 10.0 Å². The molecule has 0 radical (unpaired) electrons. The van der Waals surface area contributed by atoms with E-state index in [2.05, 4.69) is 0 Å². The number of aromatic nitrogens is 1. The van der Waals surface area contributed by atoms with Crippen LogP contribution in [-0.4, -0.2) is 54.3 Å². The summed E-state index contributed by atoms with van der Waals surface area (Å²) in [6.07, 6.45) is 0.148. The molecular formula is C22H24FN3O4S2. The van der Waals surface area contributed by atoms with Crippen LogP contribution in [0.1, 0.15) is 25.5 Å². The molecule has 1 amide bonds. The second-order valence-corrected chi connectivity index (χ2v) is 11.0. The molecule has 0 aliphatic carbocycles. The Morgan fingerprint density at radius 2 is 1.72 bits per heavy atom. The number of hydrogen-bond acceptors (Lipinski definition) is 5. The summed E-state index contributed by atoms with van der Waals surface area (Å²) in [5.74, 6) is -0.471. The fourth-order valence-corrected chi connectivity index (χ4v) is 6.46. The van der Waals surface area contributed by atoms with Crippen LogP contribution >= 0.6 is 11.3 Å². The van der Waals surface area contributed by atoms with Gasteiger partial charge in [0.1, 0.15) is 5.82 Å². The summed E-state index contributed by atoms with van der Waals surface area (Å²) in [7, 11) is -3.74. The number of sulfonamides is 1. The minimum Gasteiger partial charge on any atom is -0.340 e. The predicted molar refractivity (Wildman–Crippen MR) is 122 cm³/mol. The molecule has 0 bridgehead atoms. The van der Waals surface area contributed by atoms with E-state index in [0.717, 1.165) is 16.9 Å². The van der Waals surface area contributed by atoms with Gasteiger partial charge in [0.15, 0.2) is 0 Å². The Morgan fingerprint density at radius 1 is 1.06 bits per heavy atom. The number of amides is 1. The number of benzene rings is 2. The van der Waals surface area contributed by atoms with Gasteiger partial charge in [0.2, 0.25) is 15.9 Å². The van der Waals surface area contributed by atoms with Gasteiger partial charge >= 0.3 is 4.87 Å². The van der Waals surface area contributed by atoms with Gasteiger partial charge in [-0.05, 0) is 49.7 Å². The Labute approximate surface area is 189 Å². The van der Waals surface area contributed by atoms with Gasteiger partial charge in [-0.2, -0.15) is 4.31 Å². The number of fused-ring (bicyclic) bond motifs is 1. The Balaban J connectivity index is 1.46. The van der Waals surface area contributed by atoms with Crippen molar-refractivity contribution in [1.82, 2.24) is 13.8 Å². The Kier molecular flexibility index (Phi) is 6.19. The minimum absolute atomic E-state index is 0.0146. The smallest absolute Gasteiger partial charge is 0.308 e. The summed E-state index contributed by atoms with van der Waals surface area (Å²) in [5, 5.41) is 0. The first-order valence-electron chi connectivity index (χ1n) is 10.3. The molecule has 0 spiro atoms. The number of carbonyl (C=O) groups excluding carboxylic acids is 1. The number of carbonyl (C=O) groups is 1. The van der Waals surface area contributed by atoms with Crippen molar-refractivity contribution in [3.63, 3.8) is 0 Å². The lowest BCUT2D eigenvalue weighted by Crippen LogP contribution is -2.50. The quantitative estimate of drug-likeness (QED) is 0.566. The molecular weight excluding hydrogens is 453 g/mol. The zero-order valence-corrected chi connectivity index (χ0v) is 19.5. The number of nitrogens with zero attached hydrogens (tertiary/aromatic N) is 3. The molecule has 4 rings (SSSR count). The standard InChI is InChI=1S/C22H24FN3O4S2/c1-15(2)26-19-8-7-18(14-20(19)31-22(26)28)32(29,30)25-11-9-24(10-12-25)21(27)13-16-3-5-17(23)6-4-16/h3-8,14-15H,9-13H2,1-2H3. The summed E-state index contributed by atoms with van der Waals surface area (Å²) in [5.41, 5.74) is 1.44. The number of hydrogen-bond donors (Lipinski definition) is 0. The van der Waals surface area contributed by atoms with Gasteiger partial charge in [-0.25, -0.2) is 12.8 Å². The van der Waals surface area contributed by atoms with Crippen LogP contribution in [0.15, 0.2) is 52.2 Å². The third kappa shape index (κ3) is 4.35.